The number of rotatable bonds is 6. The van der Waals surface area contributed by atoms with E-state index in [9.17, 15) is 9.59 Å². The van der Waals surface area contributed by atoms with Gasteiger partial charge in [-0.1, -0.05) is 41.0 Å². The van der Waals surface area contributed by atoms with Crippen molar-refractivity contribution in [3.63, 3.8) is 0 Å². The molecule has 0 bridgehead atoms. The maximum absolute atomic E-state index is 13.0. The predicted octanol–water partition coefficient (Wildman–Crippen LogP) is 3.89. The van der Waals surface area contributed by atoms with E-state index in [0.29, 0.717) is 38.5 Å². The first-order valence-electron chi connectivity index (χ1n) is 8.36. The number of carbonyl (C=O) groups excluding carboxylic acids is 1. The van der Waals surface area contributed by atoms with Gasteiger partial charge in [0.2, 0.25) is 5.91 Å². The lowest BCUT2D eigenvalue weighted by atomic mass is 10.3. The number of aromatic nitrogens is 4. The molecule has 0 spiro atoms. The Balaban J connectivity index is 1.64. The average molecular weight is 466 g/mol. The van der Waals surface area contributed by atoms with Crippen LogP contribution >= 0.6 is 46.3 Å². The minimum absolute atomic E-state index is 0.0860. The van der Waals surface area contributed by atoms with Gasteiger partial charge in [-0.15, -0.1) is 11.3 Å². The van der Waals surface area contributed by atoms with E-state index in [1.165, 1.54) is 10.8 Å². The van der Waals surface area contributed by atoms with Gasteiger partial charge in [0.1, 0.15) is 5.39 Å². The second-order valence-corrected chi connectivity index (χ2v) is 8.73. The Hall–Kier alpha value is -2.33. The Labute approximate surface area is 183 Å². The van der Waals surface area contributed by atoms with E-state index >= 15 is 0 Å². The van der Waals surface area contributed by atoms with Crippen LogP contribution in [0.25, 0.3) is 16.7 Å². The molecule has 7 nitrogen and oxygen atoms in total. The number of aromatic amines is 1. The van der Waals surface area contributed by atoms with Crippen LogP contribution in [0.3, 0.4) is 0 Å². The standard InChI is InChI=1S/C18H13Cl2N5O2S2/c19-10-3-4-14(13(20)6-10)25-17(27)12-8-22-24-16(12)23-18(25)29-9-15(26)21-7-11-2-1-5-28-11/h1-6,8H,7,9H2,(H,21,26)(H,22,24). The van der Waals surface area contributed by atoms with E-state index < -0.39 is 0 Å². The maximum Gasteiger partial charge on any atom is 0.269 e. The van der Waals surface area contributed by atoms with E-state index in [1.54, 1.807) is 29.5 Å². The number of nitrogens with zero attached hydrogens (tertiary/aromatic N) is 3. The number of benzene rings is 1. The van der Waals surface area contributed by atoms with Gasteiger partial charge in [0.25, 0.3) is 5.56 Å². The van der Waals surface area contributed by atoms with Gasteiger partial charge in [0, 0.05) is 9.90 Å². The largest absolute Gasteiger partial charge is 0.350 e. The Morgan fingerprint density at radius 3 is 2.93 bits per heavy atom. The van der Waals surface area contributed by atoms with Gasteiger partial charge in [-0.25, -0.2) is 4.98 Å². The molecule has 0 atom stereocenters. The van der Waals surface area contributed by atoms with Gasteiger partial charge in [-0.05, 0) is 29.6 Å². The van der Waals surface area contributed by atoms with E-state index in [0.717, 1.165) is 16.6 Å². The summed E-state index contributed by atoms with van der Waals surface area (Å²) in [6.45, 7) is 0.458. The molecule has 0 aliphatic rings. The highest BCUT2D eigenvalue weighted by molar-refractivity contribution is 7.99. The molecule has 2 N–H and O–H groups in total. The predicted molar refractivity (Wildman–Crippen MR) is 116 cm³/mol. The van der Waals surface area contributed by atoms with Crippen molar-refractivity contribution in [3.8, 4) is 5.69 Å². The molecule has 4 aromatic rings. The van der Waals surface area contributed by atoms with Gasteiger partial charge in [0.15, 0.2) is 10.8 Å². The number of thioether (sulfide) groups is 1. The molecule has 0 aliphatic heterocycles. The van der Waals surface area contributed by atoms with Gasteiger partial charge >= 0.3 is 0 Å². The zero-order chi connectivity index (χ0) is 20.4. The normalized spacial score (nSPS) is 11.1. The first kappa shape index (κ1) is 20.0. The Bertz CT molecular complexity index is 1240. The number of halogens is 2. The lowest BCUT2D eigenvalue weighted by molar-refractivity contribution is -0.118. The number of hydrogen-bond donors (Lipinski definition) is 2. The third-order valence-electron chi connectivity index (χ3n) is 3.97. The fourth-order valence-corrected chi connectivity index (χ4v) is 4.59. The van der Waals surface area contributed by atoms with Crippen molar-refractivity contribution in [1.29, 1.82) is 0 Å². The smallest absolute Gasteiger partial charge is 0.269 e. The molecule has 29 heavy (non-hydrogen) atoms. The van der Waals surface area contributed by atoms with Crippen molar-refractivity contribution >= 4 is 63.2 Å². The van der Waals surface area contributed by atoms with Crippen molar-refractivity contribution in [3.05, 3.63) is 67.2 Å². The molecule has 0 radical (unpaired) electrons. The fourth-order valence-electron chi connectivity index (χ4n) is 2.63. The zero-order valence-corrected chi connectivity index (χ0v) is 17.8. The second kappa shape index (κ2) is 8.58. The van der Waals surface area contributed by atoms with Crippen molar-refractivity contribution in [2.24, 2.45) is 0 Å². The summed E-state index contributed by atoms with van der Waals surface area (Å²) < 4.78 is 1.37. The fraction of sp³-hybridized carbons (Fsp3) is 0.111. The van der Waals surface area contributed by atoms with E-state index in [1.807, 2.05) is 17.5 Å². The van der Waals surface area contributed by atoms with E-state index in [4.69, 9.17) is 23.2 Å². The monoisotopic (exact) mass is 465 g/mol. The molecule has 0 fully saturated rings. The van der Waals surface area contributed by atoms with E-state index in [-0.39, 0.29) is 17.2 Å². The molecular formula is C18H13Cl2N5O2S2. The summed E-state index contributed by atoms with van der Waals surface area (Å²) in [7, 11) is 0. The van der Waals surface area contributed by atoms with Crippen LogP contribution in [-0.4, -0.2) is 31.4 Å². The topological polar surface area (TPSA) is 92.7 Å². The summed E-state index contributed by atoms with van der Waals surface area (Å²) in [6.07, 6.45) is 1.41. The highest BCUT2D eigenvalue weighted by atomic mass is 35.5. The molecule has 0 aliphatic carbocycles. The summed E-state index contributed by atoms with van der Waals surface area (Å²) in [6, 6.07) is 8.70. The van der Waals surface area contributed by atoms with Crippen LogP contribution in [0.4, 0.5) is 0 Å². The number of hydrogen-bond acceptors (Lipinski definition) is 6. The summed E-state index contributed by atoms with van der Waals surface area (Å²) in [4.78, 5) is 30.8. The molecule has 0 unspecified atom stereocenters. The van der Waals surface area contributed by atoms with Crippen molar-refractivity contribution in [2.45, 2.75) is 11.7 Å². The van der Waals surface area contributed by atoms with Crippen LogP contribution in [-0.2, 0) is 11.3 Å². The molecule has 11 heteroatoms. The molecule has 148 valence electrons. The Morgan fingerprint density at radius 1 is 1.31 bits per heavy atom. The molecular weight excluding hydrogens is 453 g/mol. The number of H-pyrrole nitrogens is 1. The SMILES string of the molecule is O=C(CSc1nc2[nH]ncc2c(=O)n1-c1ccc(Cl)cc1Cl)NCc1cccs1. The summed E-state index contributed by atoms with van der Waals surface area (Å²) in [5.74, 6) is -0.0843. The third kappa shape index (κ3) is 4.32. The molecule has 0 saturated heterocycles. The van der Waals surface area contributed by atoms with Gasteiger partial charge < -0.3 is 5.32 Å². The van der Waals surface area contributed by atoms with Gasteiger partial charge in [-0.3, -0.25) is 19.3 Å². The average Bonchev–Trinajstić information content (AvgIpc) is 3.37. The lowest BCUT2D eigenvalue weighted by Gasteiger charge is -2.13. The van der Waals surface area contributed by atoms with Crippen molar-refractivity contribution < 1.29 is 4.79 Å². The van der Waals surface area contributed by atoms with Gasteiger partial charge in [0.05, 0.1) is 29.2 Å². The minimum Gasteiger partial charge on any atom is -0.350 e. The first-order chi connectivity index (χ1) is 14.0. The second-order valence-electron chi connectivity index (χ2n) is 5.91. The molecule has 1 aromatic carbocycles. The number of fused-ring (bicyclic) bond motifs is 1. The van der Waals surface area contributed by atoms with Crippen LogP contribution < -0.4 is 10.9 Å². The van der Waals surface area contributed by atoms with Gasteiger partial charge in [-0.2, -0.15) is 5.10 Å². The summed E-state index contributed by atoms with van der Waals surface area (Å²) >= 11 is 15.0. The number of amides is 1. The summed E-state index contributed by atoms with van der Waals surface area (Å²) in [5, 5.41) is 12.8. The quantitative estimate of drug-likeness (QED) is 0.332. The summed E-state index contributed by atoms with van der Waals surface area (Å²) in [5.41, 5.74) is 0.436. The van der Waals surface area contributed by atoms with Crippen LogP contribution in [0, 0.1) is 0 Å². The highest BCUT2D eigenvalue weighted by Gasteiger charge is 2.18. The van der Waals surface area contributed by atoms with Crippen LogP contribution in [0.5, 0.6) is 0 Å². The number of nitrogens with one attached hydrogen (secondary N) is 2. The molecule has 3 heterocycles. The van der Waals surface area contributed by atoms with Crippen LogP contribution in [0.2, 0.25) is 10.0 Å². The number of carbonyl (C=O) groups is 1. The van der Waals surface area contributed by atoms with Crippen molar-refractivity contribution in [2.75, 3.05) is 5.75 Å². The molecule has 1 amide bonds. The highest BCUT2D eigenvalue weighted by Crippen LogP contribution is 2.27. The maximum atomic E-state index is 13.0. The molecule has 3 aromatic heterocycles. The lowest BCUT2D eigenvalue weighted by Crippen LogP contribution is -2.26. The van der Waals surface area contributed by atoms with Crippen LogP contribution in [0.1, 0.15) is 4.88 Å². The zero-order valence-electron chi connectivity index (χ0n) is 14.7. The van der Waals surface area contributed by atoms with Crippen molar-refractivity contribution in [1.82, 2.24) is 25.1 Å². The first-order valence-corrected chi connectivity index (χ1v) is 11.0. The Morgan fingerprint density at radius 2 is 2.17 bits per heavy atom. The van der Waals surface area contributed by atoms with E-state index in [2.05, 4.69) is 20.5 Å². The molecule has 0 saturated carbocycles. The Kier molecular flexibility index (Phi) is 5.91. The third-order valence-corrected chi connectivity index (χ3v) is 6.33. The minimum atomic E-state index is -0.338. The van der Waals surface area contributed by atoms with Crippen LogP contribution in [0.15, 0.2) is 51.9 Å². The molecule has 4 rings (SSSR count). The number of thiophene rings is 1.